The lowest BCUT2D eigenvalue weighted by Gasteiger charge is -2.22. The van der Waals surface area contributed by atoms with E-state index in [9.17, 15) is 4.39 Å². The van der Waals surface area contributed by atoms with E-state index in [0.717, 1.165) is 18.7 Å². The molecule has 0 aliphatic carbocycles. The third-order valence-corrected chi connectivity index (χ3v) is 2.97. The minimum Gasteiger partial charge on any atom is -0.393 e. The first-order chi connectivity index (χ1) is 11.1. The third kappa shape index (κ3) is 6.36. The van der Waals surface area contributed by atoms with Crippen molar-refractivity contribution in [2.75, 3.05) is 32.6 Å². The zero-order valence-electron chi connectivity index (χ0n) is 13.7. The lowest BCUT2D eigenvalue weighted by Crippen LogP contribution is -2.31. The van der Waals surface area contributed by atoms with Gasteiger partial charge in [0.1, 0.15) is 23.8 Å². The molecule has 23 heavy (non-hydrogen) atoms. The Hall–Kier alpha value is -2.59. The molecule has 0 unspecified atom stereocenters. The van der Waals surface area contributed by atoms with Crippen LogP contribution < -0.4 is 16.1 Å². The van der Waals surface area contributed by atoms with Gasteiger partial charge in [-0.25, -0.2) is 9.38 Å². The molecule has 0 atom stereocenters. The topological polar surface area (TPSA) is 75.5 Å². The van der Waals surface area contributed by atoms with Crippen LogP contribution in [0.25, 0.3) is 0 Å². The van der Waals surface area contributed by atoms with Gasteiger partial charge in [-0.3, -0.25) is 10.4 Å². The number of aliphatic imine (C=N–C) groups is 1. The van der Waals surface area contributed by atoms with Gasteiger partial charge in [-0.15, -0.1) is 0 Å². The number of anilines is 1. The third-order valence-electron chi connectivity index (χ3n) is 2.97. The zero-order valence-corrected chi connectivity index (χ0v) is 13.7. The van der Waals surface area contributed by atoms with Crippen molar-refractivity contribution in [3.63, 3.8) is 0 Å². The Morgan fingerprint density at radius 1 is 1.43 bits per heavy atom. The van der Waals surface area contributed by atoms with Crippen molar-refractivity contribution >= 4 is 12.0 Å². The molecule has 1 aromatic carbocycles. The van der Waals surface area contributed by atoms with E-state index < -0.39 is 5.82 Å². The van der Waals surface area contributed by atoms with Gasteiger partial charge < -0.3 is 10.6 Å². The minimum atomic E-state index is -0.545. The quantitative estimate of drug-likeness (QED) is 0.281. The van der Waals surface area contributed by atoms with Crippen LogP contribution in [0.5, 0.6) is 0 Å². The molecule has 1 rings (SSSR count). The maximum Gasteiger partial charge on any atom is 0.143 e. The van der Waals surface area contributed by atoms with E-state index in [0.29, 0.717) is 12.2 Å². The molecule has 0 aliphatic rings. The van der Waals surface area contributed by atoms with E-state index in [1.54, 1.807) is 36.7 Å². The fourth-order valence-corrected chi connectivity index (χ4v) is 1.86. The predicted molar refractivity (Wildman–Crippen MR) is 91.3 cm³/mol. The fraction of sp³-hybridized carbons (Fsp3) is 0.375. The number of hydrogen-bond donors (Lipinski definition) is 3. The van der Waals surface area contributed by atoms with E-state index in [1.165, 1.54) is 6.07 Å². The molecular formula is C16H23FN6. The summed E-state index contributed by atoms with van der Waals surface area (Å²) in [7, 11) is 3.68. The summed E-state index contributed by atoms with van der Waals surface area (Å²) in [6, 6.07) is 6.37. The molecule has 0 saturated heterocycles. The molecule has 0 bridgehead atoms. The fourth-order valence-electron chi connectivity index (χ4n) is 1.86. The molecule has 0 spiro atoms. The van der Waals surface area contributed by atoms with E-state index in [1.807, 2.05) is 20.0 Å². The van der Waals surface area contributed by atoms with Crippen molar-refractivity contribution in [2.45, 2.75) is 13.3 Å². The highest BCUT2D eigenvalue weighted by molar-refractivity contribution is 5.64. The number of hydrogen-bond acceptors (Lipinski definition) is 5. The van der Waals surface area contributed by atoms with E-state index >= 15 is 0 Å². The first-order valence-corrected chi connectivity index (χ1v) is 7.37. The lowest BCUT2D eigenvalue weighted by molar-refractivity contribution is 0.485. The van der Waals surface area contributed by atoms with Crippen molar-refractivity contribution in [1.29, 1.82) is 5.26 Å². The summed E-state index contributed by atoms with van der Waals surface area (Å²) >= 11 is 0. The number of rotatable bonds is 9. The van der Waals surface area contributed by atoms with Gasteiger partial charge in [-0.05, 0) is 39.1 Å². The van der Waals surface area contributed by atoms with Gasteiger partial charge in [0.25, 0.3) is 0 Å². The summed E-state index contributed by atoms with van der Waals surface area (Å²) < 4.78 is 13.7. The van der Waals surface area contributed by atoms with Gasteiger partial charge in [0.15, 0.2) is 0 Å². The second-order valence-electron chi connectivity index (χ2n) is 4.86. The number of benzene rings is 1. The molecule has 0 aromatic heterocycles. The van der Waals surface area contributed by atoms with Crippen molar-refractivity contribution in [1.82, 2.24) is 15.6 Å². The van der Waals surface area contributed by atoms with Gasteiger partial charge in [-0.1, -0.05) is 6.07 Å². The van der Waals surface area contributed by atoms with E-state index in [-0.39, 0.29) is 5.56 Å². The maximum atomic E-state index is 13.7. The summed E-state index contributed by atoms with van der Waals surface area (Å²) in [4.78, 5) is 4.31. The number of hydrazine groups is 1. The van der Waals surface area contributed by atoms with Gasteiger partial charge in [0.2, 0.25) is 0 Å². The molecule has 0 fully saturated rings. The average Bonchev–Trinajstić information content (AvgIpc) is 2.53. The molecule has 0 amide bonds. The molecule has 1 aromatic rings. The summed E-state index contributed by atoms with van der Waals surface area (Å²) in [6.45, 7) is 3.35. The van der Waals surface area contributed by atoms with Crippen LogP contribution in [-0.2, 0) is 0 Å². The smallest absolute Gasteiger partial charge is 0.143 e. The molecule has 0 aliphatic heterocycles. The standard InChI is InChI=1S/C16H23FN6/c1-13(11-20-3)21-12-23(9-5-8-19-2)22-16-7-4-6-15(17)14(16)10-18/h4,6-7,11-12,19-20,22H,5,8-9H2,1-3H3/b13-11+,21-12?. The number of nitrogens with one attached hydrogen (secondary N) is 3. The van der Waals surface area contributed by atoms with Crippen molar-refractivity contribution in [3.05, 3.63) is 41.5 Å². The van der Waals surface area contributed by atoms with Crippen LogP contribution in [0.1, 0.15) is 18.9 Å². The van der Waals surface area contributed by atoms with Crippen LogP contribution in [0.2, 0.25) is 0 Å². The maximum absolute atomic E-state index is 13.7. The number of nitrogens with zero attached hydrogens (tertiary/aromatic N) is 3. The van der Waals surface area contributed by atoms with Gasteiger partial charge in [0.05, 0.1) is 11.4 Å². The van der Waals surface area contributed by atoms with Crippen LogP contribution in [0.15, 0.2) is 35.1 Å². The van der Waals surface area contributed by atoms with Crippen LogP contribution in [-0.4, -0.2) is 38.5 Å². The van der Waals surface area contributed by atoms with Crippen LogP contribution >= 0.6 is 0 Å². The highest BCUT2D eigenvalue weighted by Crippen LogP contribution is 2.18. The monoisotopic (exact) mass is 318 g/mol. The molecule has 6 nitrogen and oxygen atoms in total. The molecule has 124 valence electrons. The van der Waals surface area contributed by atoms with Gasteiger partial charge in [0, 0.05) is 19.8 Å². The average molecular weight is 318 g/mol. The molecule has 0 heterocycles. The largest absolute Gasteiger partial charge is 0.393 e. The molecule has 0 saturated carbocycles. The number of allylic oxidation sites excluding steroid dienone is 1. The van der Waals surface area contributed by atoms with Gasteiger partial charge in [-0.2, -0.15) is 5.26 Å². The lowest BCUT2D eigenvalue weighted by atomic mass is 10.2. The Labute approximate surface area is 136 Å². The zero-order chi connectivity index (χ0) is 17.1. The summed E-state index contributed by atoms with van der Waals surface area (Å²) in [6.07, 6.45) is 4.26. The highest BCUT2D eigenvalue weighted by atomic mass is 19.1. The second-order valence-corrected chi connectivity index (χ2v) is 4.86. The number of nitriles is 1. The molecule has 0 radical (unpaired) electrons. The summed E-state index contributed by atoms with van der Waals surface area (Å²) in [5.41, 5.74) is 4.24. The van der Waals surface area contributed by atoms with E-state index in [4.69, 9.17) is 5.26 Å². The predicted octanol–water partition coefficient (Wildman–Crippen LogP) is 2.04. The second kappa shape index (κ2) is 10.2. The molecule has 7 heteroatoms. The highest BCUT2D eigenvalue weighted by Gasteiger charge is 2.09. The Bertz CT molecular complexity index is 591. The van der Waals surface area contributed by atoms with Crippen molar-refractivity contribution in [2.24, 2.45) is 4.99 Å². The summed E-state index contributed by atoms with van der Waals surface area (Å²) in [5, 5.41) is 16.8. The van der Waals surface area contributed by atoms with Gasteiger partial charge >= 0.3 is 0 Å². The normalized spacial score (nSPS) is 11.3. The van der Waals surface area contributed by atoms with Crippen LogP contribution in [0.3, 0.4) is 0 Å². The van der Waals surface area contributed by atoms with Crippen molar-refractivity contribution < 1.29 is 4.39 Å². The summed E-state index contributed by atoms with van der Waals surface area (Å²) in [5.74, 6) is -0.545. The van der Waals surface area contributed by atoms with Crippen LogP contribution in [0.4, 0.5) is 10.1 Å². The Balaban J connectivity index is 2.90. The SMILES string of the molecule is CN/C=C(\C)N=CN(CCCNC)Nc1cccc(F)c1C#N. The minimum absolute atomic E-state index is 0.0120. The first-order valence-electron chi connectivity index (χ1n) is 7.37. The molecular weight excluding hydrogens is 295 g/mol. The number of halogens is 1. The molecule has 3 N–H and O–H groups in total. The Morgan fingerprint density at radius 3 is 2.87 bits per heavy atom. The van der Waals surface area contributed by atoms with E-state index in [2.05, 4.69) is 21.1 Å². The Morgan fingerprint density at radius 2 is 2.22 bits per heavy atom. The first kappa shape index (κ1) is 18.5. The Kier molecular flexibility index (Phi) is 8.18. The van der Waals surface area contributed by atoms with Crippen LogP contribution in [0, 0.1) is 17.1 Å². The van der Waals surface area contributed by atoms with Crippen molar-refractivity contribution in [3.8, 4) is 6.07 Å².